The van der Waals surface area contributed by atoms with Crippen LogP contribution in [0, 0.1) is 6.92 Å². The number of aryl methyl sites for hydroxylation is 1. The largest absolute Gasteiger partial charge is 0.496 e. The first-order valence-electron chi connectivity index (χ1n) is 9.25. The summed E-state index contributed by atoms with van der Waals surface area (Å²) in [6.07, 6.45) is 1.97. The lowest BCUT2D eigenvalue weighted by Crippen LogP contribution is -2.30. The lowest BCUT2D eigenvalue weighted by molar-refractivity contribution is -0.148. The van der Waals surface area contributed by atoms with Gasteiger partial charge in [-0.3, -0.25) is 4.79 Å². The van der Waals surface area contributed by atoms with Gasteiger partial charge in [0, 0.05) is 17.3 Å². The van der Waals surface area contributed by atoms with E-state index in [1.807, 2.05) is 43.3 Å². The first-order valence-corrected chi connectivity index (χ1v) is 9.25. The number of carbonyl (C=O) groups is 2. The van der Waals surface area contributed by atoms with Crippen LogP contribution >= 0.6 is 0 Å². The zero-order valence-electron chi connectivity index (χ0n) is 17.0. The molecule has 148 valence electrons. The SMILES string of the molecule is COc1ccccc1/C=C/C(=O)O[C@H](C)C(=O)Nc1c(C)cccc1C(C)C. The van der Waals surface area contributed by atoms with Crippen LogP contribution in [0.3, 0.4) is 0 Å². The minimum Gasteiger partial charge on any atom is -0.496 e. The minimum absolute atomic E-state index is 0.261. The van der Waals surface area contributed by atoms with E-state index >= 15 is 0 Å². The summed E-state index contributed by atoms with van der Waals surface area (Å²) in [5.41, 5.74) is 3.53. The Morgan fingerprint density at radius 1 is 1.04 bits per heavy atom. The fourth-order valence-corrected chi connectivity index (χ4v) is 2.80. The smallest absolute Gasteiger partial charge is 0.331 e. The zero-order valence-corrected chi connectivity index (χ0v) is 17.0. The maximum absolute atomic E-state index is 12.5. The molecule has 0 unspecified atom stereocenters. The highest BCUT2D eigenvalue weighted by Gasteiger charge is 2.19. The molecule has 0 saturated carbocycles. The number of benzene rings is 2. The molecule has 2 aromatic rings. The molecule has 28 heavy (non-hydrogen) atoms. The molecule has 0 saturated heterocycles. The topological polar surface area (TPSA) is 64.6 Å². The summed E-state index contributed by atoms with van der Waals surface area (Å²) in [4.78, 5) is 24.6. The summed E-state index contributed by atoms with van der Waals surface area (Å²) in [7, 11) is 1.56. The van der Waals surface area contributed by atoms with Crippen molar-refractivity contribution in [3.63, 3.8) is 0 Å². The first-order chi connectivity index (χ1) is 13.3. The fourth-order valence-electron chi connectivity index (χ4n) is 2.80. The van der Waals surface area contributed by atoms with E-state index < -0.39 is 12.1 Å². The Bertz CT molecular complexity index is 871. The Kier molecular flexibility index (Phi) is 7.38. The van der Waals surface area contributed by atoms with Crippen LogP contribution in [-0.2, 0) is 14.3 Å². The minimum atomic E-state index is -0.922. The molecule has 0 aliphatic rings. The summed E-state index contributed by atoms with van der Waals surface area (Å²) < 4.78 is 10.5. The van der Waals surface area contributed by atoms with E-state index in [9.17, 15) is 9.59 Å². The van der Waals surface area contributed by atoms with Gasteiger partial charge >= 0.3 is 5.97 Å². The fraction of sp³-hybridized carbons (Fsp3) is 0.304. The van der Waals surface area contributed by atoms with Crippen molar-refractivity contribution in [2.75, 3.05) is 12.4 Å². The normalized spacial score (nSPS) is 12.1. The van der Waals surface area contributed by atoms with Gasteiger partial charge in [-0.15, -0.1) is 0 Å². The zero-order chi connectivity index (χ0) is 20.7. The van der Waals surface area contributed by atoms with Crippen LogP contribution in [0.4, 0.5) is 5.69 Å². The highest BCUT2D eigenvalue weighted by Crippen LogP contribution is 2.27. The molecule has 0 aromatic heterocycles. The molecular formula is C23H27NO4. The van der Waals surface area contributed by atoms with Crippen molar-refractivity contribution >= 4 is 23.6 Å². The predicted molar refractivity (Wildman–Crippen MR) is 111 cm³/mol. The molecule has 0 aliphatic heterocycles. The maximum atomic E-state index is 12.5. The van der Waals surface area contributed by atoms with Gasteiger partial charge in [0.25, 0.3) is 5.91 Å². The van der Waals surface area contributed by atoms with E-state index in [1.54, 1.807) is 26.2 Å². The van der Waals surface area contributed by atoms with Gasteiger partial charge in [-0.25, -0.2) is 4.79 Å². The van der Waals surface area contributed by atoms with Crippen LogP contribution in [0.2, 0.25) is 0 Å². The summed E-state index contributed by atoms with van der Waals surface area (Å²) in [6.45, 7) is 7.62. The number of carbonyl (C=O) groups excluding carboxylic acids is 2. The quantitative estimate of drug-likeness (QED) is 0.557. The molecule has 0 aliphatic carbocycles. The second kappa shape index (κ2) is 9.74. The third-order valence-corrected chi connectivity index (χ3v) is 4.38. The molecule has 0 radical (unpaired) electrons. The van der Waals surface area contributed by atoms with E-state index in [1.165, 1.54) is 6.08 Å². The molecule has 2 aromatic carbocycles. The Labute approximate surface area is 166 Å². The average molecular weight is 381 g/mol. The van der Waals surface area contributed by atoms with E-state index in [4.69, 9.17) is 9.47 Å². The Hall–Kier alpha value is -3.08. The van der Waals surface area contributed by atoms with Crippen LogP contribution in [0.15, 0.2) is 48.5 Å². The monoisotopic (exact) mass is 381 g/mol. The highest BCUT2D eigenvalue weighted by atomic mass is 16.5. The van der Waals surface area contributed by atoms with Crippen LogP contribution in [0.25, 0.3) is 6.08 Å². The van der Waals surface area contributed by atoms with Crippen molar-refractivity contribution in [3.05, 3.63) is 65.2 Å². The number of methoxy groups -OCH3 is 1. The number of para-hydroxylation sites is 2. The lowest BCUT2D eigenvalue weighted by Gasteiger charge is -2.18. The highest BCUT2D eigenvalue weighted by molar-refractivity contribution is 5.97. The number of esters is 1. The molecule has 0 bridgehead atoms. The van der Waals surface area contributed by atoms with Gasteiger partial charge in [-0.2, -0.15) is 0 Å². The molecule has 0 heterocycles. The van der Waals surface area contributed by atoms with Crippen molar-refractivity contribution in [1.29, 1.82) is 0 Å². The number of rotatable bonds is 7. The van der Waals surface area contributed by atoms with Crippen molar-refractivity contribution in [2.45, 2.75) is 39.7 Å². The molecule has 1 N–H and O–H groups in total. The maximum Gasteiger partial charge on any atom is 0.331 e. The molecule has 1 atom stereocenters. The van der Waals surface area contributed by atoms with E-state index in [0.717, 1.165) is 22.4 Å². The standard InChI is InChI=1S/C23H27NO4/c1-15(2)19-11-8-9-16(3)22(19)24-23(26)17(4)28-21(25)14-13-18-10-6-7-12-20(18)27-5/h6-15,17H,1-5H3,(H,24,26)/b14-13+/t17-/m1/s1. The molecule has 0 fully saturated rings. The predicted octanol–water partition coefficient (Wildman–Crippen LogP) is 4.71. The molecule has 0 spiro atoms. The summed E-state index contributed by atoms with van der Waals surface area (Å²) in [6, 6.07) is 13.2. The van der Waals surface area contributed by atoms with Gasteiger partial charge < -0.3 is 14.8 Å². The van der Waals surface area contributed by atoms with Gasteiger partial charge in [-0.05, 0) is 43.0 Å². The van der Waals surface area contributed by atoms with E-state index in [-0.39, 0.29) is 11.8 Å². The van der Waals surface area contributed by atoms with Crippen LogP contribution in [0.5, 0.6) is 5.75 Å². The number of amides is 1. The van der Waals surface area contributed by atoms with Crippen molar-refractivity contribution in [1.82, 2.24) is 0 Å². The van der Waals surface area contributed by atoms with Crippen LogP contribution in [-0.4, -0.2) is 25.1 Å². The van der Waals surface area contributed by atoms with Gasteiger partial charge in [0.1, 0.15) is 5.75 Å². The number of ether oxygens (including phenoxy) is 2. The number of hydrogen-bond donors (Lipinski definition) is 1. The lowest BCUT2D eigenvalue weighted by atomic mass is 9.98. The molecule has 5 nitrogen and oxygen atoms in total. The third kappa shape index (κ3) is 5.46. The van der Waals surface area contributed by atoms with Gasteiger partial charge in [-0.1, -0.05) is 50.2 Å². The number of hydrogen-bond acceptors (Lipinski definition) is 4. The van der Waals surface area contributed by atoms with Crippen molar-refractivity contribution in [3.8, 4) is 5.75 Å². The van der Waals surface area contributed by atoms with Crippen molar-refractivity contribution in [2.24, 2.45) is 0 Å². The van der Waals surface area contributed by atoms with Crippen LogP contribution < -0.4 is 10.1 Å². The molecular weight excluding hydrogens is 354 g/mol. The summed E-state index contributed by atoms with van der Waals surface area (Å²) >= 11 is 0. The summed E-state index contributed by atoms with van der Waals surface area (Å²) in [5.74, 6) is -0.0485. The van der Waals surface area contributed by atoms with Gasteiger partial charge in [0.05, 0.1) is 7.11 Å². The van der Waals surface area contributed by atoms with Gasteiger partial charge in [0.15, 0.2) is 6.10 Å². The third-order valence-electron chi connectivity index (χ3n) is 4.38. The second-order valence-corrected chi connectivity index (χ2v) is 6.84. The van der Waals surface area contributed by atoms with Crippen LogP contribution in [0.1, 0.15) is 43.4 Å². The molecule has 5 heteroatoms. The molecule has 2 rings (SSSR count). The summed E-state index contributed by atoms with van der Waals surface area (Å²) in [5, 5.41) is 2.90. The first kappa shape index (κ1) is 21.2. The average Bonchev–Trinajstić information content (AvgIpc) is 2.67. The number of anilines is 1. The van der Waals surface area contributed by atoms with Gasteiger partial charge in [0.2, 0.25) is 0 Å². The van der Waals surface area contributed by atoms with E-state index in [0.29, 0.717) is 5.75 Å². The Morgan fingerprint density at radius 3 is 2.43 bits per heavy atom. The van der Waals surface area contributed by atoms with E-state index in [2.05, 4.69) is 19.2 Å². The Balaban J connectivity index is 2.03. The Morgan fingerprint density at radius 2 is 1.75 bits per heavy atom. The molecule has 1 amide bonds. The number of nitrogens with one attached hydrogen (secondary N) is 1. The van der Waals surface area contributed by atoms with Crippen molar-refractivity contribution < 1.29 is 19.1 Å². The second-order valence-electron chi connectivity index (χ2n) is 6.84.